The molecule has 0 atom stereocenters. The van der Waals surface area contributed by atoms with Crippen LogP contribution in [0.1, 0.15) is 15.9 Å². The van der Waals surface area contributed by atoms with Gasteiger partial charge in [0.2, 0.25) is 0 Å². The van der Waals surface area contributed by atoms with Crippen molar-refractivity contribution >= 4 is 17.3 Å². The number of para-hydroxylation sites is 1. The highest BCUT2D eigenvalue weighted by molar-refractivity contribution is 6.06. The van der Waals surface area contributed by atoms with E-state index in [2.05, 4.69) is 5.32 Å². The Morgan fingerprint density at radius 2 is 1.63 bits per heavy atom. The van der Waals surface area contributed by atoms with Crippen LogP contribution in [0.5, 0.6) is 5.75 Å². The number of nitrogens with one attached hydrogen (secondary N) is 1. The van der Waals surface area contributed by atoms with Crippen LogP contribution in [0.2, 0.25) is 0 Å². The van der Waals surface area contributed by atoms with Gasteiger partial charge in [0.1, 0.15) is 18.2 Å². The van der Waals surface area contributed by atoms with Crippen molar-refractivity contribution in [2.45, 2.75) is 6.61 Å². The monoisotopic (exact) mass is 364 g/mol. The molecule has 0 heterocycles. The summed E-state index contributed by atoms with van der Waals surface area (Å²) in [7, 11) is 3.92. The summed E-state index contributed by atoms with van der Waals surface area (Å²) in [6.07, 6.45) is 0. The Morgan fingerprint density at radius 3 is 2.30 bits per heavy atom. The third-order valence-electron chi connectivity index (χ3n) is 4.08. The Kier molecular flexibility index (Phi) is 5.71. The van der Waals surface area contributed by atoms with E-state index in [0.717, 1.165) is 11.3 Å². The van der Waals surface area contributed by atoms with Crippen molar-refractivity contribution in [2.24, 2.45) is 0 Å². The molecule has 0 aliphatic heterocycles. The van der Waals surface area contributed by atoms with E-state index in [9.17, 15) is 9.18 Å². The summed E-state index contributed by atoms with van der Waals surface area (Å²) < 4.78 is 18.8. The fourth-order valence-electron chi connectivity index (χ4n) is 2.56. The Balaban J connectivity index is 1.70. The summed E-state index contributed by atoms with van der Waals surface area (Å²) in [5, 5.41) is 2.88. The number of ether oxygens (including phenoxy) is 1. The molecule has 0 unspecified atom stereocenters. The molecular weight excluding hydrogens is 343 g/mol. The van der Waals surface area contributed by atoms with Crippen LogP contribution in [0.15, 0.2) is 72.8 Å². The standard InChI is InChI=1S/C22H21FN2O2/c1-25(2)19-13-11-18(12-14-19)24-22(26)20-5-3-4-6-21(20)27-15-16-7-9-17(23)10-8-16/h3-14H,15H2,1-2H3,(H,24,26). The van der Waals surface area contributed by atoms with Gasteiger partial charge < -0.3 is 15.0 Å². The van der Waals surface area contributed by atoms with Crippen molar-refractivity contribution in [3.05, 3.63) is 89.7 Å². The maximum absolute atomic E-state index is 13.0. The fourth-order valence-corrected chi connectivity index (χ4v) is 2.56. The van der Waals surface area contributed by atoms with Gasteiger partial charge in [-0.2, -0.15) is 0 Å². The highest BCUT2D eigenvalue weighted by atomic mass is 19.1. The zero-order chi connectivity index (χ0) is 19.2. The third kappa shape index (κ3) is 4.85. The first-order valence-corrected chi connectivity index (χ1v) is 8.58. The minimum Gasteiger partial charge on any atom is -0.488 e. The molecule has 0 aliphatic rings. The van der Waals surface area contributed by atoms with Crippen LogP contribution in [-0.2, 0) is 6.61 Å². The molecule has 0 saturated heterocycles. The topological polar surface area (TPSA) is 41.6 Å². The molecule has 3 aromatic rings. The lowest BCUT2D eigenvalue weighted by molar-refractivity contribution is 0.102. The van der Waals surface area contributed by atoms with Crippen LogP contribution in [0.25, 0.3) is 0 Å². The number of hydrogen-bond acceptors (Lipinski definition) is 3. The summed E-state index contributed by atoms with van der Waals surface area (Å²) in [5.74, 6) is -0.0645. The molecule has 1 N–H and O–H groups in total. The lowest BCUT2D eigenvalue weighted by Crippen LogP contribution is -2.14. The quantitative estimate of drug-likeness (QED) is 0.688. The SMILES string of the molecule is CN(C)c1ccc(NC(=O)c2ccccc2OCc2ccc(F)cc2)cc1. The zero-order valence-corrected chi connectivity index (χ0v) is 15.3. The Bertz CT molecular complexity index is 906. The van der Waals surface area contributed by atoms with Gasteiger partial charge >= 0.3 is 0 Å². The van der Waals surface area contributed by atoms with E-state index >= 15 is 0 Å². The van der Waals surface area contributed by atoms with E-state index in [1.807, 2.05) is 49.3 Å². The molecule has 27 heavy (non-hydrogen) atoms. The van der Waals surface area contributed by atoms with Crippen molar-refractivity contribution in [3.8, 4) is 5.75 Å². The van der Waals surface area contributed by atoms with Gasteiger partial charge in [-0.25, -0.2) is 4.39 Å². The van der Waals surface area contributed by atoms with Gasteiger partial charge in [0.15, 0.2) is 0 Å². The first-order chi connectivity index (χ1) is 13.0. The number of carbonyl (C=O) groups is 1. The molecule has 5 heteroatoms. The van der Waals surface area contributed by atoms with Crippen molar-refractivity contribution in [1.29, 1.82) is 0 Å². The van der Waals surface area contributed by atoms with E-state index in [1.165, 1.54) is 12.1 Å². The van der Waals surface area contributed by atoms with Crippen LogP contribution >= 0.6 is 0 Å². The average molecular weight is 364 g/mol. The van der Waals surface area contributed by atoms with E-state index in [0.29, 0.717) is 17.0 Å². The number of halogens is 1. The summed E-state index contributed by atoms with van der Waals surface area (Å²) >= 11 is 0. The van der Waals surface area contributed by atoms with Crippen molar-refractivity contribution in [2.75, 3.05) is 24.3 Å². The molecule has 0 fully saturated rings. The van der Waals surface area contributed by atoms with E-state index in [4.69, 9.17) is 4.74 Å². The van der Waals surface area contributed by atoms with Crippen molar-refractivity contribution in [1.82, 2.24) is 0 Å². The number of carbonyl (C=O) groups excluding carboxylic acids is 1. The Morgan fingerprint density at radius 1 is 0.963 bits per heavy atom. The summed E-state index contributed by atoms with van der Waals surface area (Å²) in [5.41, 5.74) is 3.03. The van der Waals surface area contributed by atoms with Crippen LogP contribution < -0.4 is 15.0 Å². The highest BCUT2D eigenvalue weighted by Gasteiger charge is 2.12. The van der Waals surface area contributed by atoms with Gasteiger partial charge in [0.05, 0.1) is 5.56 Å². The number of benzene rings is 3. The van der Waals surface area contributed by atoms with E-state index in [-0.39, 0.29) is 18.3 Å². The smallest absolute Gasteiger partial charge is 0.259 e. The van der Waals surface area contributed by atoms with Crippen LogP contribution in [-0.4, -0.2) is 20.0 Å². The number of anilines is 2. The normalized spacial score (nSPS) is 10.3. The van der Waals surface area contributed by atoms with Gasteiger partial charge in [-0.3, -0.25) is 4.79 Å². The molecule has 0 aliphatic carbocycles. The third-order valence-corrected chi connectivity index (χ3v) is 4.08. The molecule has 4 nitrogen and oxygen atoms in total. The summed E-state index contributed by atoms with van der Waals surface area (Å²) in [6, 6.07) is 20.7. The number of nitrogens with zero attached hydrogens (tertiary/aromatic N) is 1. The first-order valence-electron chi connectivity index (χ1n) is 8.58. The maximum Gasteiger partial charge on any atom is 0.259 e. The number of hydrogen-bond donors (Lipinski definition) is 1. The second-order valence-electron chi connectivity index (χ2n) is 6.31. The fraction of sp³-hybridized carbons (Fsp3) is 0.136. The average Bonchev–Trinajstić information content (AvgIpc) is 2.68. The predicted octanol–water partition coefficient (Wildman–Crippen LogP) is 4.72. The molecule has 138 valence electrons. The largest absolute Gasteiger partial charge is 0.488 e. The molecule has 0 aromatic heterocycles. The van der Waals surface area contributed by atoms with Gasteiger partial charge in [0.25, 0.3) is 5.91 Å². The lowest BCUT2D eigenvalue weighted by Gasteiger charge is -2.14. The van der Waals surface area contributed by atoms with E-state index < -0.39 is 0 Å². The Labute approximate surface area is 158 Å². The predicted molar refractivity (Wildman–Crippen MR) is 106 cm³/mol. The molecule has 0 radical (unpaired) electrons. The second-order valence-corrected chi connectivity index (χ2v) is 6.31. The first kappa shape index (κ1) is 18.5. The molecular formula is C22H21FN2O2. The van der Waals surface area contributed by atoms with Gasteiger partial charge in [-0.15, -0.1) is 0 Å². The highest BCUT2D eigenvalue weighted by Crippen LogP contribution is 2.22. The molecule has 1 amide bonds. The zero-order valence-electron chi connectivity index (χ0n) is 15.3. The van der Waals surface area contributed by atoms with Crippen LogP contribution in [0.3, 0.4) is 0 Å². The number of rotatable bonds is 6. The van der Waals surface area contributed by atoms with Crippen molar-refractivity contribution < 1.29 is 13.9 Å². The van der Waals surface area contributed by atoms with Gasteiger partial charge in [0, 0.05) is 25.5 Å². The molecule has 3 aromatic carbocycles. The minimum absolute atomic E-state index is 0.248. The van der Waals surface area contributed by atoms with Gasteiger partial charge in [-0.05, 0) is 54.1 Å². The van der Waals surface area contributed by atoms with Crippen molar-refractivity contribution in [3.63, 3.8) is 0 Å². The molecule has 0 bridgehead atoms. The van der Waals surface area contributed by atoms with Gasteiger partial charge in [-0.1, -0.05) is 24.3 Å². The molecule has 0 spiro atoms. The van der Waals surface area contributed by atoms with Crippen LogP contribution in [0.4, 0.5) is 15.8 Å². The maximum atomic E-state index is 13.0. The summed E-state index contributed by atoms with van der Waals surface area (Å²) in [6.45, 7) is 0.252. The number of amides is 1. The minimum atomic E-state index is -0.293. The lowest BCUT2D eigenvalue weighted by atomic mass is 10.1. The summed E-state index contributed by atoms with van der Waals surface area (Å²) in [4.78, 5) is 14.6. The second kappa shape index (κ2) is 8.36. The molecule has 0 saturated carbocycles. The Hall–Kier alpha value is -3.34. The van der Waals surface area contributed by atoms with E-state index in [1.54, 1.807) is 30.3 Å². The van der Waals surface area contributed by atoms with Crippen LogP contribution in [0, 0.1) is 5.82 Å². The molecule has 3 rings (SSSR count).